The molecule has 4 rings (SSSR count). The van der Waals surface area contributed by atoms with Gasteiger partial charge >= 0.3 is 18.4 Å². The second-order valence-corrected chi connectivity index (χ2v) is 11.7. The summed E-state index contributed by atoms with van der Waals surface area (Å²) in [6, 6.07) is 8.74. The van der Waals surface area contributed by atoms with Crippen LogP contribution in [-0.4, -0.2) is 72.4 Å². The van der Waals surface area contributed by atoms with Crippen molar-refractivity contribution in [2.24, 2.45) is 11.8 Å². The van der Waals surface area contributed by atoms with Gasteiger partial charge in [0.15, 0.2) is 0 Å². The minimum absolute atomic E-state index is 0.0624. The Bertz CT molecular complexity index is 1360. The zero-order valence-electron chi connectivity index (χ0n) is 25.4. The summed E-state index contributed by atoms with van der Waals surface area (Å²) >= 11 is 0. The van der Waals surface area contributed by atoms with Crippen LogP contribution in [0.1, 0.15) is 59.9 Å². The van der Waals surface area contributed by atoms with E-state index in [1.165, 1.54) is 7.05 Å². The first-order valence-electron chi connectivity index (χ1n) is 14.9. The number of amides is 3. The normalized spacial score (nSPS) is 19.8. The van der Waals surface area contributed by atoms with Crippen LogP contribution in [0.2, 0.25) is 0 Å². The Balaban J connectivity index is 1.53. The van der Waals surface area contributed by atoms with E-state index in [2.05, 4.69) is 0 Å². The van der Waals surface area contributed by atoms with Crippen LogP contribution < -0.4 is 0 Å². The number of hydrogen-bond donors (Lipinski definition) is 0. The summed E-state index contributed by atoms with van der Waals surface area (Å²) in [5.41, 5.74) is -1.43. The molecule has 2 aliphatic heterocycles. The minimum Gasteiger partial charge on any atom is -0.450 e. The Morgan fingerprint density at radius 1 is 0.889 bits per heavy atom. The Hall–Kier alpha value is -3.77. The molecule has 246 valence electrons. The van der Waals surface area contributed by atoms with E-state index in [9.17, 15) is 40.7 Å². The Labute approximate surface area is 258 Å². The van der Waals surface area contributed by atoms with Gasteiger partial charge in [0.25, 0.3) is 0 Å². The van der Waals surface area contributed by atoms with Gasteiger partial charge in [-0.25, -0.2) is 4.79 Å². The average Bonchev–Trinajstić information content (AvgIpc) is 2.99. The van der Waals surface area contributed by atoms with E-state index in [1.807, 2.05) is 31.2 Å². The second kappa shape index (κ2) is 13.7. The molecule has 13 heteroatoms. The maximum atomic E-state index is 13.8. The molecule has 2 aromatic rings. The van der Waals surface area contributed by atoms with Crippen LogP contribution in [0.3, 0.4) is 0 Å². The average molecular weight is 642 g/mol. The molecule has 0 radical (unpaired) electrons. The minimum atomic E-state index is -5.00. The molecule has 0 unspecified atom stereocenters. The third-order valence-electron chi connectivity index (χ3n) is 8.64. The number of carbonyl (C=O) groups is 3. The molecule has 45 heavy (non-hydrogen) atoms. The van der Waals surface area contributed by atoms with Gasteiger partial charge in [0.05, 0.1) is 17.7 Å². The molecular weight excluding hydrogens is 604 g/mol. The van der Waals surface area contributed by atoms with Gasteiger partial charge in [0.2, 0.25) is 11.8 Å². The number of hydrogen-bond acceptors (Lipinski definition) is 4. The SMILES string of the molecule is CCOC(=O)N1CCC(C(=O)N2CC[C@@H](C(=O)N(C)Cc3cc(C(F)(F)F)cc(C(F)(F)F)c3)[C@H](c3ccccc3C)C2)CC1. The van der Waals surface area contributed by atoms with Crippen molar-refractivity contribution < 1.29 is 45.5 Å². The number of ether oxygens (including phenoxy) is 1. The van der Waals surface area contributed by atoms with Crippen molar-refractivity contribution in [1.82, 2.24) is 14.7 Å². The van der Waals surface area contributed by atoms with Gasteiger partial charge in [-0.2, -0.15) is 26.3 Å². The molecular formula is C32H37F6N3O4. The molecule has 2 fully saturated rings. The highest BCUT2D eigenvalue weighted by atomic mass is 19.4. The zero-order chi connectivity index (χ0) is 33.1. The first-order chi connectivity index (χ1) is 21.1. The van der Waals surface area contributed by atoms with E-state index >= 15 is 0 Å². The Kier molecular flexibility index (Phi) is 10.4. The Morgan fingerprint density at radius 3 is 2.02 bits per heavy atom. The summed E-state index contributed by atoms with van der Waals surface area (Å²) < 4.78 is 85.6. The number of nitrogens with zero attached hydrogens (tertiary/aromatic N) is 3. The van der Waals surface area contributed by atoms with Crippen LogP contribution in [0.25, 0.3) is 0 Å². The second-order valence-electron chi connectivity index (χ2n) is 11.7. The number of aryl methyl sites for hydroxylation is 1. The van der Waals surface area contributed by atoms with E-state index < -0.39 is 53.9 Å². The van der Waals surface area contributed by atoms with Crippen LogP contribution in [0, 0.1) is 18.8 Å². The van der Waals surface area contributed by atoms with E-state index in [1.54, 1.807) is 16.7 Å². The lowest BCUT2D eigenvalue weighted by Crippen LogP contribution is -2.50. The van der Waals surface area contributed by atoms with E-state index in [0.717, 1.165) is 16.0 Å². The van der Waals surface area contributed by atoms with E-state index in [4.69, 9.17) is 4.74 Å². The van der Waals surface area contributed by atoms with Gasteiger partial charge < -0.3 is 19.4 Å². The number of piperidine rings is 2. The Morgan fingerprint density at radius 2 is 1.47 bits per heavy atom. The summed E-state index contributed by atoms with van der Waals surface area (Å²) in [7, 11) is 1.36. The summed E-state index contributed by atoms with van der Waals surface area (Å²) in [5, 5.41) is 0. The monoisotopic (exact) mass is 641 g/mol. The number of benzene rings is 2. The highest BCUT2D eigenvalue weighted by Gasteiger charge is 2.41. The van der Waals surface area contributed by atoms with Gasteiger partial charge in [0, 0.05) is 57.5 Å². The summed E-state index contributed by atoms with van der Waals surface area (Å²) in [4.78, 5) is 44.0. The molecule has 0 bridgehead atoms. The summed E-state index contributed by atoms with van der Waals surface area (Å²) in [6.45, 7) is 4.69. The smallest absolute Gasteiger partial charge is 0.416 e. The molecule has 0 N–H and O–H groups in total. The first kappa shape index (κ1) is 34.1. The van der Waals surface area contributed by atoms with Crippen LogP contribution in [0.15, 0.2) is 42.5 Å². The van der Waals surface area contributed by atoms with Crippen LogP contribution in [-0.2, 0) is 33.2 Å². The lowest BCUT2D eigenvalue weighted by Gasteiger charge is -2.42. The van der Waals surface area contributed by atoms with Crippen LogP contribution in [0.5, 0.6) is 0 Å². The van der Waals surface area contributed by atoms with Gasteiger partial charge in [-0.3, -0.25) is 9.59 Å². The van der Waals surface area contributed by atoms with Gasteiger partial charge in [-0.05, 0) is 68.0 Å². The maximum Gasteiger partial charge on any atom is 0.416 e. The van der Waals surface area contributed by atoms with Crippen molar-refractivity contribution in [3.8, 4) is 0 Å². The van der Waals surface area contributed by atoms with Gasteiger partial charge in [0.1, 0.15) is 0 Å². The lowest BCUT2D eigenvalue weighted by molar-refractivity contribution is -0.144. The van der Waals surface area contributed by atoms with Crippen molar-refractivity contribution in [3.05, 3.63) is 70.3 Å². The molecule has 2 atom stereocenters. The van der Waals surface area contributed by atoms with Crippen LogP contribution >= 0.6 is 0 Å². The third kappa shape index (κ3) is 8.09. The molecule has 7 nitrogen and oxygen atoms in total. The fraction of sp³-hybridized carbons (Fsp3) is 0.531. The van der Waals surface area contributed by atoms with Crippen molar-refractivity contribution in [3.63, 3.8) is 0 Å². The molecule has 0 spiro atoms. The maximum absolute atomic E-state index is 13.8. The highest BCUT2D eigenvalue weighted by molar-refractivity contribution is 5.82. The fourth-order valence-electron chi connectivity index (χ4n) is 6.29. The number of halogens is 6. The summed E-state index contributed by atoms with van der Waals surface area (Å²) in [5.74, 6) is -1.89. The molecule has 0 saturated carbocycles. The van der Waals surface area contributed by atoms with Crippen molar-refractivity contribution in [2.45, 2.75) is 57.9 Å². The standard InChI is InChI=1S/C32H37F6N3O4/c1-4-45-30(44)40-12-9-22(10-13-40)28(42)41-14-11-26(27(19-41)25-8-6-5-7-20(25)2)29(43)39(3)18-21-15-23(31(33,34)35)17-24(16-21)32(36,37)38/h5-8,15-17,22,26-27H,4,9-14,18-19H2,1-3H3/t26-,27+/m1/s1. The molecule has 3 amide bonds. The number of carbonyl (C=O) groups excluding carboxylic acids is 3. The topological polar surface area (TPSA) is 70.2 Å². The van der Waals surface area contributed by atoms with Crippen molar-refractivity contribution in [2.75, 3.05) is 39.8 Å². The van der Waals surface area contributed by atoms with E-state index in [0.29, 0.717) is 38.1 Å². The quantitative estimate of drug-likeness (QED) is 0.338. The number of likely N-dealkylation sites (tertiary alicyclic amines) is 2. The first-order valence-corrected chi connectivity index (χ1v) is 14.9. The lowest BCUT2D eigenvalue weighted by atomic mass is 9.77. The van der Waals surface area contributed by atoms with Gasteiger partial charge in [-0.1, -0.05) is 24.3 Å². The molecule has 0 aliphatic carbocycles. The molecule has 2 heterocycles. The molecule has 2 aliphatic rings. The number of alkyl halides is 6. The van der Waals surface area contributed by atoms with E-state index in [-0.39, 0.29) is 49.6 Å². The molecule has 2 saturated heterocycles. The highest BCUT2D eigenvalue weighted by Crippen LogP contribution is 2.39. The molecule has 0 aromatic heterocycles. The number of rotatable bonds is 6. The summed E-state index contributed by atoms with van der Waals surface area (Å²) in [6.07, 6.45) is -9.18. The fourth-order valence-corrected chi connectivity index (χ4v) is 6.29. The van der Waals surface area contributed by atoms with Crippen LogP contribution in [0.4, 0.5) is 31.1 Å². The van der Waals surface area contributed by atoms with Crippen molar-refractivity contribution in [1.29, 1.82) is 0 Å². The van der Waals surface area contributed by atoms with Gasteiger partial charge in [-0.15, -0.1) is 0 Å². The zero-order valence-corrected chi connectivity index (χ0v) is 25.4. The largest absolute Gasteiger partial charge is 0.450 e. The third-order valence-corrected chi connectivity index (χ3v) is 8.64. The predicted octanol–water partition coefficient (Wildman–Crippen LogP) is 6.49. The molecule has 2 aromatic carbocycles. The predicted molar refractivity (Wildman–Crippen MR) is 153 cm³/mol. The van der Waals surface area contributed by atoms with Crippen molar-refractivity contribution >= 4 is 17.9 Å².